The molecule has 1 N–H and O–H groups in total. The largest absolute Gasteiger partial charge is 0.343 e. The van der Waals surface area contributed by atoms with Crippen molar-refractivity contribution in [2.45, 2.75) is 27.2 Å². The quantitative estimate of drug-likeness (QED) is 0.884. The molecule has 2 atom stereocenters. The first-order valence-electron chi connectivity index (χ1n) is 7.33. The number of aryl methyl sites for hydroxylation is 1. The van der Waals surface area contributed by atoms with Gasteiger partial charge in [-0.25, -0.2) is 0 Å². The van der Waals surface area contributed by atoms with Gasteiger partial charge in [0.2, 0.25) is 11.8 Å². The third-order valence-electron chi connectivity index (χ3n) is 3.96. The first-order chi connectivity index (χ1) is 9.97. The lowest BCUT2D eigenvalue weighted by Gasteiger charge is -2.18. The predicted molar refractivity (Wildman–Crippen MR) is 87.0 cm³/mol. The van der Waals surface area contributed by atoms with Crippen LogP contribution < -0.4 is 5.32 Å². The monoisotopic (exact) mass is 352 g/mol. The number of anilines is 1. The number of rotatable bonds is 5. The molecule has 114 valence electrons. The molecular weight excluding hydrogens is 332 g/mol. The lowest BCUT2D eigenvalue weighted by Crippen LogP contribution is -2.33. The Balaban J connectivity index is 1.94. The van der Waals surface area contributed by atoms with Gasteiger partial charge in [-0.15, -0.1) is 0 Å². The van der Waals surface area contributed by atoms with Gasteiger partial charge in [0.15, 0.2) is 0 Å². The summed E-state index contributed by atoms with van der Waals surface area (Å²) < 4.78 is 0.965. The molecule has 2 amide bonds. The fraction of sp³-hybridized carbons (Fsp3) is 0.500. The van der Waals surface area contributed by atoms with Crippen molar-refractivity contribution in [1.29, 1.82) is 0 Å². The van der Waals surface area contributed by atoms with Crippen LogP contribution in [0.2, 0.25) is 0 Å². The van der Waals surface area contributed by atoms with Gasteiger partial charge in [-0.05, 0) is 44.9 Å². The minimum atomic E-state index is -0.182. The van der Waals surface area contributed by atoms with E-state index in [2.05, 4.69) is 21.2 Å². The summed E-state index contributed by atoms with van der Waals surface area (Å²) in [5.41, 5.74) is 1.88. The first kappa shape index (κ1) is 16.0. The molecule has 0 heterocycles. The van der Waals surface area contributed by atoms with Gasteiger partial charge >= 0.3 is 0 Å². The minimum Gasteiger partial charge on any atom is -0.343 e. The van der Waals surface area contributed by atoms with Crippen LogP contribution >= 0.6 is 15.9 Å². The van der Waals surface area contributed by atoms with E-state index >= 15 is 0 Å². The van der Waals surface area contributed by atoms with Crippen LogP contribution in [-0.2, 0) is 9.59 Å². The Morgan fingerprint density at radius 1 is 1.29 bits per heavy atom. The fourth-order valence-electron chi connectivity index (χ4n) is 2.43. The lowest BCUT2D eigenvalue weighted by atomic mass is 10.2. The fourth-order valence-corrected chi connectivity index (χ4v) is 2.81. The molecule has 1 fully saturated rings. The zero-order valence-electron chi connectivity index (χ0n) is 12.6. The third kappa shape index (κ3) is 3.64. The molecule has 0 radical (unpaired) electrons. The molecule has 5 heteroatoms. The highest BCUT2D eigenvalue weighted by Crippen LogP contribution is 2.41. The predicted octanol–water partition coefficient (Wildman–Crippen LogP) is 3.20. The van der Waals surface area contributed by atoms with Crippen LogP contribution in [-0.4, -0.2) is 29.8 Å². The zero-order chi connectivity index (χ0) is 15.6. The highest BCUT2D eigenvalue weighted by atomic mass is 79.9. The van der Waals surface area contributed by atoms with E-state index in [0.717, 1.165) is 15.7 Å². The average Bonchev–Trinajstić information content (AvgIpc) is 3.24. The van der Waals surface area contributed by atoms with Crippen LogP contribution in [0, 0.1) is 18.8 Å². The van der Waals surface area contributed by atoms with Crippen molar-refractivity contribution in [1.82, 2.24) is 4.90 Å². The van der Waals surface area contributed by atoms with E-state index in [1.807, 2.05) is 39.0 Å². The summed E-state index contributed by atoms with van der Waals surface area (Å²) in [4.78, 5) is 26.2. The van der Waals surface area contributed by atoms with Gasteiger partial charge in [-0.3, -0.25) is 9.59 Å². The van der Waals surface area contributed by atoms with Crippen molar-refractivity contribution in [3.8, 4) is 0 Å². The third-order valence-corrected chi connectivity index (χ3v) is 4.81. The molecule has 0 aliphatic heterocycles. The van der Waals surface area contributed by atoms with Crippen molar-refractivity contribution in [3.05, 3.63) is 28.2 Å². The number of hydrogen-bond donors (Lipinski definition) is 1. The van der Waals surface area contributed by atoms with Crippen LogP contribution in [0.5, 0.6) is 0 Å². The van der Waals surface area contributed by atoms with Gasteiger partial charge < -0.3 is 10.2 Å². The van der Waals surface area contributed by atoms with Gasteiger partial charge in [0.1, 0.15) is 0 Å². The number of hydrogen-bond acceptors (Lipinski definition) is 2. The molecule has 21 heavy (non-hydrogen) atoms. The Labute approximate surface area is 134 Å². The summed E-state index contributed by atoms with van der Waals surface area (Å²) in [5.74, 6) is -0.279. The summed E-state index contributed by atoms with van der Waals surface area (Å²) in [5, 5.41) is 2.89. The van der Waals surface area contributed by atoms with Gasteiger partial charge in [-0.2, -0.15) is 0 Å². The molecule has 0 saturated heterocycles. The molecule has 1 aliphatic rings. The molecule has 0 spiro atoms. The van der Waals surface area contributed by atoms with Crippen LogP contribution in [0.3, 0.4) is 0 Å². The standard InChI is InChI=1S/C16H21BrN2O2/c1-4-19(5-2)16(21)13-9-12(13)15(20)18-11-7-6-10(3)14(17)8-11/h6-8,12-13H,4-5,9H2,1-3H3,(H,18,20). The molecule has 4 nitrogen and oxygen atoms in total. The number of carbonyl (C=O) groups excluding carboxylic acids is 2. The van der Waals surface area contributed by atoms with Crippen LogP contribution in [0.25, 0.3) is 0 Å². The molecule has 1 aromatic rings. The maximum Gasteiger partial charge on any atom is 0.228 e. The number of benzene rings is 1. The van der Waals surface area contributed by atoms with Crippen molar-refractivity contribution in [2.75, 3.05) is 18.4 Å². The molecule has 0 aromatic heterocycles. The SMILES string of the molecule is CCN(CC)C(=O)C1CC1C(=O)Nc1ccc(C)c(Br)c1. The van der Waals surface area contributed by atoms with Crippen molar-refractivity contribution >= 4 is 33.4 Å². The summed E-state index contributed by atoms with van der Waals surface area (Å²) in [6, 6.07) is 5.71. The highest BCUT2D eigenvalue weighted by molar-refractivity contribution is 9.10. The minimum absolute atomic E-state index is 0.0590. The number of halogens is 1. The maximum atomic E-state index is 12.2. The summed E-state index contributed by atoms with van der Waals surface area (Å²) in [6.45, 7) is 7.32. The second-order valence-electron chi connectivity index (χ2n) is 5.41. The number of nitrogens with one attached hydrogen (secondary N) is 1. The van der Waals surface area contributed by atoms with Crippen LogP contribution in [0.1, 0.15) is 25.8 Å². The first-order valence-corrected chi connectivity index (χ1v) is 8.13. The van der Waals surface area contributed by atoms with Crippen molar-refractivity contribution in [3.63, 3.8) is 0 Å². The van der Waals surface area contributed by atoms with E-state index in [9.17, 15) is 9.59 Å². The van der Waals surface area contributed by atoms with Crippen LogP contribution in [0.4, 0.5) is 5.69 Å². The number of nitrogens with zero attached hydrogens (tertiary/aromatic N) is 1. The van der Waals surface area contributed by atoms with E-state index in [1.165, 1.54) is 0 Å². The summed E-state index contributed by atoms with van der Waals surface area (Å²) in [6.07, 6.45) is 0.661. The Hall–Kier alpha value is -1.36. The van der Waals surface area contributed by atoms with Gasteiger partial charge in [0, 0.05) is 23.2 Å². The molecule has 1 aromatic carbocycles. The zero-order valence-corrected chi connectivity index (χ0v) is 14.2. The smallest absolute Gasteiger partial charge is 0.228 e. The van der Waals surface area contributed by atoms with E-state index < -0.39 is 0 Å². The van der Waals surface area contributed by atoms with Gasteiger partial charge in [-0.1, -0.05) is 22.0 Å². The second-order valence-corrected chi connectivity index (χ2v) is 6.27. The topological polar surface area (TPSA) is 49.4 Å². The van der Waals surface area contributed by atoms with E-state index in [1.54, 1.807) is 4.90 Å². The van der Waals surface area contributed by atoms with Crippen molar-refractivity contribution < 1.29 is 9.59 Å². The number of carbonyl (C=O) groups is 2. The Bertz CT molecular complexity index is 555. The summed E-state index contributed by atoms with van der Waals surface area (Å²) in [7, 11) is 0. The molecular formula is C16H21BrN2O2. The average molecular weight is 353 g/mol. The molecule has 2 unspecified atom stereocenters. The van der Waals surface area contributed by atoms with E-state index in [0.29, 0.717) is 19.5 Å². The van der Waals surface area contributed by atoms with Crippen molar-refractivity contribution in [2.24, 2.45) is 11.8 Å². The van der Waals surface area contributed by atoms with Gasteiger partial charge in [0.25, 0.3) is 0 Å². The molecule has 1 saturated carbocycles. The normalized spacial score (nSPS) is 20.0. The number of amides is 2. The Morgan fingerprint density at radius 2 is 1.95 bits per heavy atom. The lowest BCUT2D eigenvalue weighted by molar-refractivity contribution is -0.133. The molecule has 0 bridgehead atoms. The summed E-state index contributed by atoms with van der Waals surface area (Å²) >= 11 is 3.45. The van der Waals surface area contributed by atoms with E-state index in [4.69, 9.17) is 0 Å². The second kappa shape index (κ2) is 6.60. The Morgan fingerprint density at radius 3 is 2.52 bits per heavy atom. The van der Waals surface area contributed by atoms with Crippen LogP contribution in [0.15, 0.2) is 22.7 Å². The Kier molecular flexibility index (Phi) is 5.04. The molecule has 2 rings (SSSR count). The van der Waals surface area contributed by atoms with E-state index in [-0.39, 0.29) is 23.7 Å². The molecule has 1 aliphatic carbocycles. The highest BCUT2D eigenvalue weighted by Gasteiger charge is 2.49. The maximum absolute atomic E-state index is 12.2. The van der Waals surface area contributed by atoms with Gasteiger partial charge in [0.05, 0.1) is 11.8 Å².